The van der Waals surface area contributed by atoms with Gasteiger partial charge in [0.15, 0.2) is 0 Å². The fourth-order valence-electron chi connectivity index (χ4n) is 2.00. The molecule has 4 N–H and O–H groups in total. The summed E-state index contributed by atoms with van der Waals surface area (Å²) in [7, 11) is 2.11. The third kappa shape index (κ3) is 6.51. The van der Waals surface area contributed by atoms with E-state index in [1.54, 1.807) is 0 Å². The summed E-state index contributed by atoms with van der Waals surface area (Å²) in [6, 6.07) is -0.957. The van der Waals surface area contributed by atoms with Gasteiger partial charge in [-0.15, -0.1) is 0 Å². The molecule has 1 aliphatic rings. The van der Waals surface area contributed by atoms with Crippen molar-refractivity contribution in [3.05, 3.63) is 0 Å². The quantitative estimate of drug-likeness (QED) is 0.490. The molecule has 1 rings (SSSR count). The maximum absolute atomic E-state index is 11.5. The number of aliphatic carboxylic acids is 1. The molecule has 1 heterocycles. The van der Waals surface area contributed by atoms with Crippen LogP contribution in [-0.2, 0) is 9.59 Å². The predicted octanol–water partition coefficient (Wildman–Crippen LogP) is -1.46. The van der Waals surface area contributed by atoms with Crippen molar-refractivity contribution < 1.29 is 14.7 Å². The molecule has 1 fully saturated rings. The lowest BCUT2D eigenvalue weighted by atomic mass is 10.2. The zero-order chi connectivity index (χ0) is 14.3. The normalized spacial score (nSPS) is 19.1. The maximum atomic E-state index is 11.5. The molecule has 19 heavy (non-hydrogen) atoms. The Labute approximate surface area is 113 Å². The number of nitrogens with two attached hydrogens (primary N) is 1. The van der Waals surface area contributed by atoms with Crippen molar-refractivity contribution in [3.8, 4) is 0 Å². The second kappa shape index (κ2) is 8.08. The van der Waals surface area contributed by atoms with Crippen molar-refractivity contribution in [2.24, 2.45) is 5.73 Å². The number of rotatable bonds is 7. The minimum Gasteiger partial charge on any atom is -0.481 e. The molecule has 1 aliphatic heterocycles. The molecule has 110 valence electrons. The van der Waals surface area contributed by atoms with E-state index in [-0.39, 0.29) is 12.3 Å². The monoisotopic (exact) mass is 272 g/mol. The van der Waals surface area contributed by atoms with Crippen LogP contribution in [0.4, 0.5) is 0 Å². The molecule has 0 saturated carbocycles. The minimum atomic E-state index is -1.06. The van der Waals surface area contributed by atoms with Gasteiger partial charge in [-0.25, -0.2) is 0 Å². The van der Waals surface area contributed by atoms with Gasteiger partial charge in [0, 0.05) is 32.7 Å². The van der Waals surface area contributed by atoms with Gasteiger partial charge in [-0.05, 0) is 20.0 Å². The summed E-state index contributed by atoms with van der Waals surface area (Å²) in [4.78, 5) is 26.5. The Hall–Kier alpha value is -1.18. The van der Waals surface area contributed by atoms with Gasteiger partial charge in [0.25, 0.3) is 0 Å². The molecule has 0 aromatic rings. The number of hydrogen-bond acceptors (Lipinski definition) is 5. The Balaban J connectivity index is 2.07. The molecule has 7 heteroatoms. The van der Waals surface area contributed by atoms with Gasteiger partial charge in [0.05, 0.1) is 12.5 Å². The first-order chi connectivity index (χ1) is 8.99. The predicted molar refractivity (Wildman–Crippen MR) is 71.8 cm³/mol. The molecule has 0 aromatic carbocycles. The van der Waals surface area contributed by atoms with Crippen LogP contribution in [0.2, 0.25) is 0 Å². The van der Waals surface area contributed by atoms with Crippen LogP contribution in [0, 0.1) is 0 Å². The van der Waals surface area contributed by atoms with Crippen LogP contribution < -0.4 is 11.1 Å². The fourth-order valence-corrected chi connectivity index (χ4v) is 2.00. The summed E-state index contributed by atoms with van der Waals surface area (Å²) in [5, 5.41) is 11.2. The number of amides is 1. The molecule has 0 aromatic heterocycles. The Bertz CT molecular complexity index is 303. The third-order valence-electron chi connectivity index (χ3n) is 3.28. The van der Waals surface area contributed by atoms with Gasteiger partial charge in [0.2, 0.25) is 5.91 Å². The number of carboxylic acid groups (broad SMARTS) is 1. The molecular weight excluding hydrogens is 248 g/mol. The zero-order valence-electron chi connectivity index (χ0n) is 11.5. The second-order valence-corrected chi connectivity index (χ2v) is 4.99. The first kappa shape index (κ1) is 15.9. The number of carboxylic acids is 1. The molecule has 0 radical (unpaired) electrons. The van der Waals surface area contributed by atoms with E-state index in [0.717, 1.165) is 39.1 Å². The van der Waals surface area contributed by atoms with Gasteiger partial charge in [-0.2, -0.15) is 0 Å². The molecule has 1 amide bonds. The molecule has 7 nitrogen and oxygen atoms in total. The van der Waals surface area contributed by atoms with Crippen molar-refractivity contribution in [2.75, 3.05) is 46.3 Å². The maximum Gasteiger partial charge on any atom is 0.305 e. The molecule has 0 aliphatic carbocycles. The van der Waals surface area contributed by atoms with E-state index in [4.69, 9.17) is 10.8 Å². The van der Waals surface area contributed by atoms with E-state index in [1.807, 2.05) is 0 Å². The van der Waals surface area contributed by atoms with E-state index in [0.29, 0.717) is 6.54 Å². The first-order valence-corrected chi connectivity index (χ1v) is 6.65. The fraction of sp³-hybridized carbons (Fsp3) is 0.833. The highest BCUT2D eigenvalue weighted by molar-refractivity contribution is 5.85. The number of nitrogens with zero attached hydrogens (tertiary/aromatic N) is 2. The van der Waals surface area contributed by atoms with Gasteiger partial charge in [0.1, 0.15) is 0 Å². The summed E-state index contributed by atoms with van der Waals surface area (Å²) >= 11 is 0. The van der Waals surface area contributed by atoms with Crippen LogP contribution in [0.15, 0.2) is 0 Å². The van der Waals surface area contributed by atoms with Crippen LogP contribution in [0.1, 0.15) is 12.8 Å². The number of piperazine rings is 1. The first-order valence-electron chi connectivity index (χ1n) is 6.65. The highest BCUT2D eigenvalue weighted by Gasteiger charge is 2.17. The standard InChI is InChI=1S/C12H24N4O3/c1-15-5-7-16(8-6-15)4-2-3-14-12(19)10(13)9-11(17)18/h10H,2-9,13H2,1H3,(H,14,19)(H,17,18). The third-order valence-corrected chi connectivity index (χ3v) is 3.28. The van der Waals surface area contributed by atoms with Crippen LogP contribution in [0.3, 0.4) is 0 Å². The Morgan fingerprint density at radius 1 is 1.32 bits per heavy atom. The Morgan fingerprint density at radius 3 is 2.53 bits per heavy atom. The van der Waals surface area contributed by atoms with E-state index < -0.39 is 12.0 Å². The minimum absolute atomic E-state index is 0.329. The summed E-state index contributed by atoms with van der Waals surface area (Å²) in [5.41, 5.74) is 5.45. The molecule has 0 bridgehead atoms. The highest BCUT2D eigenvalue weighted by atomic mass is 16.4. The lowest BCUT2D eigenvalue weighted by Crippen LogP contribution is -2.46. The summed E-state index contributed by atoms with van der Waals surface area (Å²) in [6.07, 6.45) is 0.527. The average Bonchev–Trinajstić information content (AvgIpc) is 2.35. The van der Waals surface area contributed by atoms with Gasteiger partial charge < -0.3 is 26.0 Å². The van der Waals surface area contributed by atoms with E-state index in [1.165, 1.54) is 0 Å². The average molecular weight is 272 g/mol. The van der Waals surface area contributed by atoms with Crippen molar-refractivity contribution in [3.63, 3.8) is 0 Å². The molecule has 1 saturated heterocycles. The van der Waals surface area contributed by atoms with Gasteiger partial charge in [-0.3, -0.25) is 9.59 Å². The van der Waals surface area contributed by atoms with Crippen LogP contribution in [0.25, 0.3) is 0 Å². The Morgan fingerprint density at radius 2 is 1.95 bits per heavy atom. The van der Waals surface area contributed by atoms with Crippen molar-refractivity contribution in [1.29, 1.82) is 0 Å². The molecule has 1 unspecified atom stereocenters. The summed E-state index contributed by atoms with van der Waals surface area (Å²) < 4.78 is 0. The van der Waals surface area contributed by atoms with E-state index >= 15 is 0 Å². The number of nitrogens with one attached hydrogen (secondary N) is 1. The van der Waals surface area contributed by atoms with Crippen LogP contribution in [0.5, 0.6) is 0 Å². The van der Waals surface area contributed by atoms with E-state index in [9.17, 15) is 9.59 Å². The molecular formula is C12H24N4O3. The highest BCUT2D eigenvalue weighted by Crippen LogP contribution is 1.99. The molecule has 0 spiro atoms. The van der Waals surface area contributed by atoms with Crippen molar-refractivity contribution >= 4 is 11.9 Å². The summed E-state index contributed by atoms with van der Waals surface area (Å²) in [5.74, 6) is -1.44. The van der Waals surface area contributed by atoms with Gasteiger partial charge >= 0.3 is 5.97 Å². The summed E-state index contributed by atoms with van der Waals surface area (Å²) in [6.45, 7) is 5.76. The zero-order valence-corrected chi connectivity index (χ0v) is 11.5. The van der Waals surface area contributed by atoms with Crippen molar-refractivity contribution in [2.45, 2.75) is 18.9 Å². The number of likely N-dealkylation sites (N-methyl/N-ethyl adjacent to an activating group) is 1. The SMILES string of the molecule is CN1CCN(CCCNC(=O)C(N)CC(=O)O)CC1. The number of hydrogen-bond donors (Lipinski definition) is 3. The lowest BCUT2D eigenvalue weighted by molar-refractivity contribution is -0.139. The van der Waals surface area contributed by atoms with Gasteiger partial charge in [-0.1, -0.05) is 0 Å². The second-order valence-electron chi connectivity index (χ2n) is 4.99. The number of carbonyl (C=O) groups is 2. The lowest BCUT2D eigenvalue weighted by Gasteiger charge is -2.32. The Kier molecular flexibility index (Phi) is 6.75. The van der Waals surface area contributed by atoms with Crippen LogP contribution >= 0.6 is 0 Å². The topological polar surface area (TPSA) is 98.9 Å². The molecule has 1 atom stereocenters. The van der Waals surface area contributed by atoms with Crippen LogP contribution in [-0.4, -0.2) is 79.1 Å². The smallest absolute Gasteiger partial charge is 0.305 e. The van der Waals surface area contributed by atoms with E-state index in [2.05, 4.69) is 22.2 Å². The number of carbonyl (C=O) groups excluding carboxylic acids is 1. The largest absolute Gasteiger partial charge is 0.481 e. The van der Waals surface area contributed by atoms with Crippen molar-refractivity contribution in [1.82, 2.24) is 15.1 Å².